The van der Waals surface area contributed by atoms with Gasteiger partial charge >= 0.3 is 0 Å². The summed E-state index contributed by atoms with van der Waals surface area (Å²) in [4.78, 5) is 12.2. The number of hydrogen-bond donors (Lipinski definition) is 1. The van der Waals surface area contributed by atoms with Crippen LogP contribution >= 0.6 is 0 Å². The molecule has 0 unspecified atom stereocenters. The summed E-state index contributed by atoms with van der Waals surface area (Å²) in [6.45, 7) is 0.783. The maximum absolute atomic E-state index is 12.2. The maximum atomic E-state index is 12.2. The Kier molecular flexibility index (Phi) is 4.34. The average Bonchev–Trinajstić information content (AvgIpc) is 3.21. The molecule has 1 heterocycles. The molecule has 1 fully saturated rings. The number of carbonyl (C=O) groups is 1. The SMILES string of the molecule is COCC1(C(=O)NCc2cc(-c3cccc(OC)c3)no2)CC1. The summed E-state index contributed by atoms with van der Waals surface area (Å²) < 4.78 is 15.6. The van der Waals surface area contributed by atoms with Gasteiger partial charge in [0.15, 0.2) is 5.76 Å². The second-order valence-corrected chi connectivity index (χ2v) is 5.81. The normalized spacial score (nSPS) is 15.2. The van der Waals surface area contributed by atoms with Crippen LogP contribution in [0.3, 0.4) is 0 Å². The van der Waals surface area contributed by atoms with Gasteiger partial charge in [-0.2, -0.15) is 0 Å². The molecule has 1 aromatic carbocycles. The largest absolute Gasteiger partial charge is 0.497 e. The van der Waals surface area contributed by atoms with Crippen molar-refractivity contribution in [3.05, 3.63) is 36.1 Å². The van der Waals surface area contributed by atoms with E-state index in [1.54, 1.807) is 14.2 Å². The molecule has 0 aliphatic heterocycles. The first kappa shape index (κ1) is 15.6. The number of hydrogen-bond acceptors (Lipinski definition) is 5. The number of ether oxygens (including phenoxy) is 2. The van der Waals surface area contributed by atoms with E-state index in [4.69, 9.17) is 14.0 Å². The molecular weight excluding hydrogens is 296 g/mol. The molecule has 0 spiro atoms. The highest BCUT2D eigenvalue weighted by Crippen LogP contribution is 2.46. The molecule has 1 N–H and O–H groups in total. The van der Waals surface area contributed by atoms with E-state index in [1.807, 2.05) is 30.3 Å². The number of benzene rings is 1. The Labute approximate surface area is 134 Å². The summed E-state index contributed by atoms with van der Waals surface area (Å²) >= 11 is 0. The van der Waals surface area contributed by atoms with Crippen LogP contribution in [0.2, 0.25) is 0 Å². The van der Waals surface area contributed by atoms with Crippen LogP contribution in [0, 0.1) is 5.41 Å². The minimum Gasteiger partial charge on any atom is -0.497 e. The third kappa shape index (κ3) is 3.37. The quantitative estimate of drug-likeness (QED) is 0.849. The van der Waals surface area contributed by atoms with Crippen LogP contribution in [0.5, 0.6) is 5.75 Å². The van der Waals surface area contributed by atoms with Gasteiger partial charge in [0.05, 0.1) is 25.7 Å². The van der Waals surface area contributed by atoms with E-state index in [0.29, 0.717) is 24.6 Å². The van der Waals surface area contributed by atoms with Crippen molar-refractivity contribution < 1.29 is 18.8 Å². The topological polar surface area (TPSA) is 73.6 Å². The number of aromatic nitrogens is 1. The summed E-state index contributed by atoms with van der Waals surface area (Å²) in [5, 5.41) is 6.94. The van der Waals surface area contributed by atoms with Gasteiger partial charge in [-0.15, -0.1) is 0 Å². The fraction of sp³-hybridized carbons (Fsp3) is 0.412. The van der Waals surface area contributed by atoms with Crippen LogP contribution < -0.4 is 10.1 Å². The second kappa shape index (κ2) is 6.42. The lowest BCUT2D eigenvalue weighted by Crippen LogP contribution is -2.34. The lowest BCUT2D eigenvalue weighted by atomic mass is 10.1. The number of methoxy groups -OCH3 is 2. The molecule has 122 valence electrons. The maximum Gasteiger partial charge on any atom is 0.228 e. The minimum atomic E-state index is -0.343. The minimum absolute atomic E-state index is 0.0127. The zero-order valence-corrected chi connectivity index (χ0v) is 13.3. The predicted octanol–water partition coefficient (Wildman–Crippen LogP) is 2.39. The zero-order valence-electron chi connectivity index (χ0n) is 13.3. The summed E-state index contributed by atoms with van der Waals surface area (Å²) in [6.07, 6.45) is 1.75. The van der Waals surface area contributed by atoms with Crippen molar-refractivity contribution in [1.82, 2.24) is 10.5 Å². The summed E-state index contributed by atoms with van der Waals surface area (Å²) in [7, 11) is 3.24. The van der Waals surface area contributed by atoms with E-state index in [9.17, 15) is 4.79 Å². The van der Waals surface area contributed by atoms with Crippen molar-refractivity contribution in [2.24, 2.45) is 5.41 Å². The van der Waals surface area contributed by atoms with Crippen molar-refractivity contribution in [3.8, 4) is 17.0 Å². The van der Waals surface area contributed by atoms with Gasteiger partial charge in [0.25, 0.3) is 0 Å². The summed E-state index contributed by atoms with van der Waals surface area (Å²) in [5.41, 5.74) is 1.28. The molecule has 0 bridgehead atoms. The Hall–Kier alpha value is -2.34. The van der Waals surface area contributed by atoms with Gasteiger partial charge in [0.1, 0.15) is 11.4 Å². The van der Waals surface area contributed by atoms with Crippen molar-refractivity contribution in [2.45, 2.75) is 19.4 Å². The van der Waals surface area contributed by atoms with Crippen molar-refractivity contribution in [2.75, 3.05) is 20.8 Å². The smallest absolute Gasteiger partial charge is 0.228 e. The standard InChI is InChI=1S/C17H20N2O4/c1-21-11-17(6-7-17)16(20)18-10-14-9-15(19-23-14)12-4-3-5-13(8-12)22-2/h3-5,8-9H,6-7,10-11H2,1-2H3,(H,18,20). The molecule has 1 saturated carbocycles. The van der Waals surface area contributed by atoms with E-state index in [2.05, 4.69) is 10.5 Å². The van der Waals surface area contributed by atoms with Crippen LogP contribution in [0.25, 0.3) is 11.3 Å². The second-order valence-electron chi connectivity index (χ2n) is 5.81. The third-order valence-electron chi connectivity index (χ3n) is 4.10. The first-order valence-corrected chi connectivity index (χ1v) is 7.54. The number of rotatable bonds is 7. The molecule has 2 aromatic rings. The molecule has 1 aliphatic carbocycles. The Morgan fingerprint density at radius 1 is 1.35 bits per heavy atom. The molecule has 6 nitrogen and oxygen atoms in total. The van der Waals surface area contributed by atoms with E-state index in [1.165, 1.54) is 0 Å². The highest BCUT2D eigenvalue weighted by molar-refractivity contribution is 5.85. The van der Waals surface area contributed by atoms with Gasteiger partial charge in [-0.1, -0.05) is 17.3 Å². The van der Waals surface area contributed by atoms with Crippen LogP contribution in [0.15, 0.2) is 34.9 Å². The summed E-state index contributed by atoms with van der Waals surface area (Å²) in [5.74, 6) is 1.39. The number of nitrogens with zero attached hydrogens (tertiary/aromatic N) is 1. The zero-order chi connectivity index (χ0) is 16.3. The van der Waals surface area contributed by atoms with Crippen LogP contribution in [0.1, 0.15) is 18.6 Å². The van der Waals surface area contributed by atoms with Crippen LogP contribution in [-0.4, -0.2) is 31.9 Å². The Bertz CT molecular complexity index is 691. The van der Waals surface area contributed by atoms with E-state index >= 15 is 0 Å². The number of carbonyl (C=O) groups excluding carboxylic acids is 1. The third-order valence-corrected chi connectivity index (χ3v) is 4.10. The van der Waals surface area contributed by atoms with Gasteiger partial charge in [-0.05, 0) is 25.0 Å². The lowest BCUT2D eigenvalue weighted by molar-refractivity contribution is -0.128. The molecule has 6 heteroatoms. The van der Waals surface area contributed by atoms with E-state index < -0.39 is 0 Å². The predicted molar refractivity (Wildman–Crippen MR) is 83.9 cm³/mol. The first-order chi connectivity index (χ1) is 11.2. The highest BCUT2D eigenvalue weighted by atomic mass is 16.5. The number of amides is 1. The lowest BCUT2D eigenvalue weighted by Gasteiger charge is -2.12. The molecule has 1 aliphatic rings. The molecule has 3 rings (SSSR count). The Morgan fingerprint density at radius 2 is 2.17 bits per heavy atom. The van der Waals surface area contributed by atoms with Gasteiger partial charge in [-0.3, -0.25) is 4.79 Å². The molecule has 23 heavy (non-hydrogen) atoms. The molecule has 0 atom stereocenters. The molecule has 0 radical (unpaired) electrons. The van der Waals surface area contributed by atoms with Gasteiger partial charge in [0, 0.05) is 18.7 Å². The first-order valence-electron chi connectivity index (χ1n) is 7.54. The molecule has 1 amide bonds. The van der Waals surface area contributed by atoms with Gasteiger partial charge in [-0.25, -0.2) is 0 Å². The van der Waals surface area contributed by atoms with Gasteiger partial charge in [0.2, 0.25) is 5.91 Å². The van der Waals surface area contributed by atoms with Crippen LogP contribution in [-0.2, 0) is 16.1 Å². The monoisotopic (exact) mass is 316 g/mol. The van der Waals surface area contributed by atoms with Crippen molar-refractivity contribution in [3.63, 3.8) is 0 Å². The highest BCUT2D eigenvalue weighted by Gasteiger charge is 2.49. The fourth-order valence-electron chi connectivity index (χ4n) is 2.53. The van der Waals surface area contributed by atoms with Crippen molar-refractivity contribution in [1.29, 1.82) is 0 Å². The average molecular weight is 316 g/mol. The Balaban J connectivity index is 1.62. The molecular formula is C17H20N2O4. The molecule has 0 saturated heterocycles. The fourth-order valence-corrected chi connectivity index (χ4v) is 2.53. The van der Waals surface area contributed by atoms with Gasteiger partial charge < -0.3 is 19.3 Å². The van der Waals surface area contributed by atoms with Crippen LogP contribution in [0.4, 0.5) is 0 Å². The summed E-state index contributed by atoms with van der Waals surface area (Å²) in [6, 6.07) is 9.41. The van der Waals surface area contributed by atoms with Crippen molar-refractivity contribution >= 4 is 5.91 Å². The van der Waals surface area contributed by atoms with E-state index in [-0.39, 0.29) is 11.3 Å². The van der Waals surface area contributed by atoms with E-state index in [0.717, 1.165) is 24.2 Å². The molecule has 1 aromatic heterocycles. The Morgan fingerprint density at radius 3 is 2.87 bits per heavy atom. The number of nitrogens with one attached hydrogen (secondary N) is 1.